The third kappa shape index (κ3) is 22.6. The molecule has 0 saturated carbocycles. The summed E-state index contributed by atoms with van der Waals surface area (Å²) in [5.41, 5.74) is 7.79. The van der Waals surface area contributed by atoms with Gasteiger partial charge in [0.05, 0.1) is 28.4 Å². The average molecular weight is 659 g/mol. The number of unbranched alkanes of at least 4 members (excludes halogenated alkanes) is 3. The summed E-state index contributed by atoms with van der Waals surface area (Å²) in [7, 11) is 0. The van der Waals surface area contributed by atoms with E-state index in [-0.39, 0.29) is 0 Å². The molecule has 1 unspecified atom stereocenters. The zero-order valence-corrected chi connectivity index (χ0v) is 25.3. The molecule has 1 aromatic heterocycles. The fourth-order valence-corrected chi connectivity index (χ4v) is 3.57. The molecule has 0 aliphatic carbocycles. The van der Waals surface area contributed by atoms with E-state index >= 15 is 0 Å². The lowest BCUT2D eigenvalue weighted by atomic mass is 10.1. The van der Waals surface area contributed by atoms with Gasteiger partial charge in [-0.2, -0.15) is 0 Å². The fraction of sp³-hybridized carbons (Fsp3) is 0.345. The molecule has 0 radical (unpaired) electrons. The van der Waals surface area contributed by atoms with E-state index in [1.54, 1.807) is 12.1 Å². The van der Waals surface area contributed by atoms with Crippen molar-refractivity contribution in [1.82, 2.24) is 10.3 Å². The third-order valence-corrected chi connectivity index (χ3v) is 5.81. The van der Waals surface area contributed by atoms with Gasteiger partial charge in [0.25, 0.3) is 0 Å². The fourth-order valence-electron chi connectivity index (χ4n) is 3.07. The first kappa shape index (κ1) is 40.0. The monoisotopic (exact) mass is 657 g/mol. The van der Waals surface area contributed by atoms with Gasteiger partial charge in [-0.05, 0) is 49.2 Å². The van der Waals surface area contributed by atoms with Gasteiger partial charge in [-0.3, -0.25) is 4.98 Å². The van der Waals surface area contributed by atoms with Crippen molar-refractivity contribution >= 4 is 52.8 Å². The van der Waals surface area contributed by atoms with Gasteiger partial charge >= 0.3 is 23.9 Å². The molecule has 0 spiro atoms. The Morgan fingerprint density at radius 2 is 1.36 bits per heavy atom. The first-order valence-electron chi connectivity index (χ1n) is 13.2. The Hall–Kier alpha value is -4.01. The molecule has 242 valence electrons. The van der Waals surface area contributed by atoms with E-state index in [0.717, 1.165) is 57.6 Å². The smallest absolute Gasteiger partial charge is 0.328 e. The number of benzene rings is 1. The van der Waals surface area contributed by atoms with Crippen LogP contribution in [0.25, 0.3) is 0 Å². The summed E-state index contributed by atoms with van der Waals surface area (Å²) in [5, 5.41) is 45.5. The quantitative estimate of drug-likeness (QED) is 0.0729. The summed E-state index contributed by atoms with van der Waals surface area (Å²) in [5.74, 6) is -5.03. The van der Waals surface area contributed by atoms with Gasteiger partial charge in [-0.1, -0.05) is 42.1 Å². The number of carbonyl (C=O) groups is 4. The number of carboxylic acid groups (broad SMARTS) is 4. The van der Waals surface area contributed by atoms with E-state index in [9.17, 15) is 24.3 Å². The van der Waals surface area contributed by atoms with Crippen molar-refractivity contribution in [2.24, 2.45) is 0 Å². The highest BCUT2D eigenvalue weighted by atomic mass is 35.5. The molecule has 2 aromatic rings. The maximum Gasteiger partial charge on any atom is 0.328 e. The van der Waals surface area contributed by atoms with Crippen molar-refractivity contribution in [2.45, 2.75) is 38.2 Å². The Bertz CT molecular complexity index is 1140. The first-order chi connectivity index (χ1) is 20.8. The van der Waals surface area contributed by atoms with Crippen LogP contribution >= 0.6 is 23.2 Å². The van der Waals surface area contributed by atoms with Gasteiger partial charge in [0, 0.05) is 55.8 Å². The molecular weight excluding hydrogens is 621 g/mol. The van der Waals surface area contributed by atoms with Gasteiger partial charge in [-0.15, -0.1) is 0 Å². The van der Waals surface area contributed by atoms with E-state index < -0.39 is 30.0 Å². The molecule has 0 aliphatic heterocycles. The van der Waals surface area contributed by atoms with Crippen molar-refractivity contribution in [3.8, 4) is 0 Å². The van der Waals surface area contributed by atoms with Crippen molar-refractivity contribution in [3.05, 3.63) is 82.1 Å². The van der Waals surface area contributed by atoms with Gasteiger partial charge in [-0.25, -0.2) is 19.2 Å². The summed E-state index contributed by atoms with van der Waals surface area (Å²) in [4.78, 5) is 42.5. The number of nitrogen functional groups attached to an aromatic ring is 1. The summed E-state index contributed by atoms with van der Waals surface area (Å²) in [6, 6.07) is 9.24. The number of aliphatic hydroxyl groups excluding tert-OH is 1. The molecule has 0 amide bonds. The lowest BCUT2D eigenvalue weighted by Gasteiger charge is -2.14. The number of rotatable bonds is 17. The Morgan fingerprint density at radius 1 is 0.841 bits per heavy atom. The van der Waals surface area contributed by atoms with Crippen LogP contribution in [0.1, 0.15) is 43.0 Å². The van der Waals surface area contributed by atoms with E-state index in [2.05, 4.69) is 10.3 Å². The van der Waals surface area contributed by atoms with Crippen LogP contribution in [0.2, 0.25) is 10.0 Å². The van der Waals surface area contributed by atoms with Gasteiger partial charge in [0.2, 0.25) is 0 Å². The Morgan fingerprint density at radius 3 is 1.84 bits per heavy atom. The zero-order valence-electron chi connectivity index (χ0n) is 23.8. The molecule has 1 atom stereocenters. The predicted octanol–water partition coefficient (Wildman–Crippen LogP) is 3.84. The normalized spacial score (nSPS) is 11.2. The maximum absolute atomic E-state index is 10.2. The molecule has 1 aromatic carbocycles. The van der Waals surface area contributed by atoms with Crippen molar-refractivity contribution < 1.29 is 49.4 Å². The summed E-state index contributed by atoms with van der Waals surface area (Å²) in [6.07, 6.45) is 8.62. The topological polar surface area (TPSA) is 230 Å². The summed E-state index contributed by atoms with van der Waals surface area (Å²) >= 11 is 12.0. The van der Waals surface area contributed by atoms with Crippen molar-refractivity contribution in [3.63, 3.8) is 0 Å². The van der Waals surface area contributed by atoms with Crippen LogP contribution in [-0.2, 0) is 30.3 Å². The third-order valence-electron chi connectivity index (χ3n) is 5.18. The number of pyridine rings is 1. The highest BCUT2D eigenvalue weighted by molar-refractivity contribution is 6.38. The van der Waals surface area contributed by atoms with Crippen molar-refractivity contribution in [2.75, 3.05) is 32.0 Å². The van der Waals surface area contributed by atoms with E-state index in [1.165, 1.54) is 0 Å². The molecule has 0 aliphatic rings. The van der Waals surface area contributed by atoms with Gasteiger partial charge in [0.15, 0.2) is 0 Å². The summed E-state index contributed by atoms with van der Waals surface area (Å²) in [6.45, 7) is 2.81. The van der Waals surface area contributed by atoms with Crippen LogP contribution in [0, 0.1) is 0 Å². The van der Waals surface area contributed by atoms with Crippen LogP contribution in [0.4, 0.5) is 5.69 Å². The molecule has 2 rings (SSSR count). The number of carboxylic acids is 4. The first-order valence-corrected chi connectivity index (χ1v) is 14.0. The van der Waals surface area contributed by atoms with Crippen LogP contribution in [0.15, 0.2) is 60.8 Å². The maximum atomic E-state index is 10.2. The minimum atomic E-state index is -1.26. The van der Waals surface area contributed by atoms with Crippen LogP contribution in [0.5, 0.6) is 0 Å². The van der Waals surface area contributed by atoms with Crippen LogP contribution in [0.3, 0.4) is 0 Å². The van der Waals surface area contributed by atoms with Crippen molar-refractivity contribution in [1.29, 1.82) is 0 Å². The molecule has 0 bridgehead atoms. The number of aliphatic hydroxyl groups is 1. The second-order valence-electron chi connectivity index (χ2n) is 8.74. The minimum Gasteiger partial charge on any atom is -0.478 e. The highest BCUT2D eigenvalue weighted by Gasteiger charge is 2.11. The number of hydrogen-bond donors (Lipinski definition) is 7. The molecule has 0 saturated heterocycles. The second-order valence-corrected chi connectivity index (χ2v) is 9.55. The summed E-state index contributed by atoms with van der Waals surface area (Å²) < 4.78 is 5.65. The molecular formula is C29H37Cl2N3O10. The second kappa shape index (κ2) is 24.4. The number of anilines is 1. The molecule has 8 N–H and O–H groups in total. The largest absolute Gasteiger partial charge is 0.478 e. The van der Waals surface area contributed by atoms with Crippen LogP contribution < -0.4 is 11.1 Å². The Labute approximate surface area is 264 Å². The molecule has 1 heterocycles. The predicted molar refractivity (Wildman–Crippen MR) is 165 cm³/mol. The number of nitrogens with zero attached hydrogens (tertiary/aromatic N) is 1. The highest BCUT2D eigenvalue weighted by Crippen LogP contribution is 2.31. The van der Waals surface area contributed by atoms with Crippen LogP contribution in [-0.4, -0.2) is 80.7 Å². The molecule has 15 heteroatoms. The SMILES string of the molecule is Nc1c(Cl)cc(C(O)CNCCCCCCOCCc2ccccn2)cc1Cl.O=C(O)/C=C/C(=O)O.O=C(O)/C=C/C(=O)O. The van der Waals surface area contributed by atoms with E-state index in [1.807, 2.05) is 24.4 Å². The van der Waals surface area contributed by atoms with E-state index in [0.29, 0.717) is 52.1 Å². The molecule has 0 fully saturated rings. The lowest BCUT2D eigenvalue weighted by Crippen LogP contribution is -2.22. The number of nitrogens with one attached hydrogen (secondary N) is 1. The standard InChI is InChI=1S/C21H29Cl2N3O2.2C4H4O4/c22-18-13-16(14-19(23)21(18)24)20(27)15-25-9-4-1-2-6-11-28-12-8-17-7-3-5-10-26-17;2*5-3(6)1-2-4(7)8/h3,5,7,10,13-14,20,25,27H,1-2,4,6,8-9,11-12,15,24H2;2*1-2H,(H,5,6)(H,7,8)/b;2*2-1+. The van der Waals surface area contributed by atoms with Gasteiger partial charge < -0.3 is 41.3 Å². The Balaban J connectivity index is 0.000000947. The number of hydrogen-bond acceptors (Lipinski definition) is 9. The lowest BCUT2D eigenvalue weighted by molar-refractivity contribution is -0.134. The zero-order chi connectivity index (χ0) is 33.3. The number of aromatic nitrogens is 1. The number of nitrogens with two attached hydrogens (primary N) is 1. The molecule has 13 nitrogen and oxygen atoms in total. The Kier molecular flexibility index (Phi) is 22.2. The van der Waals surface area contributed by atoms with Gasteiger partial charge in [0.1, 0.15) is 0 Å². The average Bonchev–Trinajstić information content (AvgIpc) is 2.97. The number of aliphatic carboxylic acids is 4. The number of ether oxygens (including phenoxy) is 1. The minimum absolute atomic E-state index is 0.341. The molecule has 44 heavy (non-hydrogen) atoms. The van der Waals surface area contributed by atoms with E-state index in [4.69, 9.17) is 54.1 Å². The number of halogens is 2.